The average molecular weight is 1170 g/mol. The van der Waals surface area contributed by atoms with Gasteiger partial charge in [-0.3, -0.25) is 43.3 Å². The quantitative estimate of drug-likeness (QED) is 0.0295. The van der Waals surface area contributed by atoms with Gasteiger partial charge in [-0.2, -0.15) is 0 Å². The van der Waals surface area contributed by atoms with Crippen molar-refractivity contribution in [1.82, 2.24) is 35.8 Å². The molecule has 454 valence electrons. The summed E-state index contributed by atoms with van der Waals surface area (Å²) in [6.45, 7) is 19.3. The monoisotopic (exact) mass is 1170 g/mol. The molecule has 24 heteroatoms. The SMILES string of the molecule is CN[C@H](C(=O)N[C@H](C(=O)N(C)[C@H](/C=C(\C)C(=O)NS(=O)(=O)c1ccc(NC(=O)[C@H](CCCNC(N)=O)CC(=O)[C@@H](NC(=O)CCOCCOCCOCCN2C(=O)C=CC2=O)C(C)C)cc1)C(C)C)C(C)(C)C)C(C)(C)c1ccccc1. The number of amides is 9. The van der Waals surface area contributed by atoms with Crippen LogP contribution in [0.3, 0.4) is 0 Å². The predicted octanol–water partition coefficient (Wildman–Crippen LogP) is 3.49. The molecule has 2 aromatic carbocycles. The molecule has 23 nitrogen and oxygen atoms in total. The van der Waals surface area contributed by atoms with Crippen molar-refractivity contribution in [2.24, 2.45) is 28.9 Å². The number of imide groups is 1. The van der Waals surface area contributed by atoms with Crippen molar-refractivity contribution in [3.05, 3.63) is 84.0 Å². The number of urea groups is 1. The lowest BCUT2D eigenvalue weighted by molar-refractivity contribution is -0.141. The summed E-state index contributed by atoms with van der Waals surface area (Å²) in [5, 5.41) is 14.1. The number of likely N-dealkylation sites (N-methyl/N-ethyl adjacent to an activating group) is 2. The van der Waals surface area contributed by atoms with Gasteiger partial charge in [-0.1, -0.05) is 98.7 Å². The maximum Gasteiger partial charge on any atom is 0.312 e. The topological polar surface area (TPSA) is 320 Å². The van der Waals surface area contributed by atoms with Crippen molar-refractivity contribution in [2.75, 3.05) is 72.1 Å². The van der Waals surface area contributed by atoms with E-state index in [2.05, 4.69) is 31.3 Å². The molecule has 0 saturated heterocycles. The summed E-state index contributed by atoms with van der Waals surface area (Å²) >= 11 is 0. The second-order valence-corrected chi connectivity index (χ2v) is 24.1. The molecule has 9 amide bonds. The molecule has 0 radical (unpaired) electrons. The van der Waals surface area contributed by atoms with Gasteiger partial charge in [-0.25, -0.2) is 17.9 Å². The first-order chi connectivity index (χ1) is 38.4. The number of nitrogens with one attached hydrogen (secondary N) is 6. The highest BCUT2D eigenvalue weighted by atomic mass is 32.2. The summed E-state index contributed by atoms with van der Waals surface area (Å²) in [6.07, 6.45) is 3.95. The lowest BCUT2D eigenvalue weighted by Gasteiger charge is -2.40. The van der Waals surface area contributed by atoms with E-state index in [1.807, 2.05) is 78.8 Å². The maximum absolute atomic E-state index is 14.4. The van der Waals surface area contributed by atoms with Crippen molar-refractivity contribution in [1.29, 1.82) is 0 Å². The molecular weight excluding hydrogens is 1080 g/mol. The number of anilines is 1. The first-order valence-electron chi connectivity index (χ1n) is 27.5. The highest BCUT2D eigenvalue weighted by Gasteiger charge is 2.42. The molecule has 2 aromatic rings. The number of benzene rings is 2. The van der Waals surface area contributed by atoms with Gasteiger partial charge in [-0.05, 0) is 73.9 Å². The Hall–Kier alpha value is -6.86. The Kier molecular flexibility index (Phi) is 27.7. The molecule has 0 bridgehead atoms. The smallest absolute Gasteiger partial charge is 0.312 e. The zero-order valence-corrected chi connectivity index (χ0v) is 50.4. The Morgan fingerprint density at radius 2 is 1.33 bits per heavy atom. The first-order valence-corrected chi connectivity index (χ1v) is 29.0. The standard InChI is InChI=1S/C58H87N9O14S/c1-37(2)44(66(12)55(75)51(57(6,7)8)64-54(74)50(60-11)58(9,10)41-18-14-13-15-19-41)35-39(5)52(72)65-82(77,78)43-22-20-42(21-23-43)62-53(73)40(17-16-27-61-56(59)76)36-45(68)49(38(3)4)63-46(69)26-29-79-31-33-81-34-32-80-30-28-67-47(70)24-25-48(67)71/h13-15,18-25,35,37-38,40,44,49-51,60H,16-17,26-34,36H2,1-12H3,(H,62,73)(H,63,69)(H,64,74)(H,65,72)(H3,59,61,76)/b39-35+/t40-,44-,49+,50-,51-/m1/s1. The molecule has 3 rings (SSSR count). The van der Waals surface area contributed by atoms with Crippen molar-refractivity contribution in [3.63, 3.8) is 0 Å². The number of hydrogen-bond acceptors (Lipinski definition) is 15. The Morgan fingerprint density at radius 3 is 1.87 bits per heavy atom. The zero-order valence-electron chi connectivity index (χ0n) is 49.6. The number of nitrogens with zero attached hydrogens (tertiary/aromatic N) is 2. The molecule has 0 saturated carbocycles. The van der Waals surface area contributed by atoms with Crippen LogP contribution in [0.25, 0.3) is 0 Å². The van der Waals surface area contributed by atoms with Crippen LogP contribution in [-0.2, 0) is 68.0 Å². The number of ketones is 1. The molecule has 8 N–H and O–H groups in total. The number of nitrogens with two attached hydrogens (primary N) is 1. The Balaban J connectivity index is 1.62. The van der Waals surface area contributed by atoms with E-state index in [0.29, 0.717) is 0 Å². The summed E-state index contributed by atoms with van der Waals surface area (Å²) in [7, 11) is -1.22. The van der Waals surface area contributed by atoms with Gasteiger partial charge in [0.15, 0.2) is 5.78 Å². The lowest BCUT2D eigenvalue weighted by Crippen LogP contribution is -2.61. The van der Waals surface area contributed by atoms with Crippen LogP contribution in [0.1, 0.15) is 100 Å². The largest absolute Gasteiger partial charge is 0.379 e. The molecule has 0 spiro atoms. The van der Waals surface area contributed by atoms with Gasteiger partial charge in [0.05, 0.1) is 69.2 Å². The van der Waals surface area contributed by atoms with Gasteiger partial charge in [0.2, 0.25) is 23.6 Å². The number of rotatable bonds is 35. The van der Waals surface area contributed by atoms with Crippen LogP contribution < -0.4 is 37.0 Å². The van der Waals surface area contributed by atoms with Gasteiger partial charge >= 0.3 is 6.03 Å². The maximum atomic E-state index is 14.4. The molecule has 0 aromatic heterocycles. The molecule has 0 unspecified atom stereocenters. The molecule has 1 heterocycles. The fourth-order valence-corrected chi connectivity index (χ4v) is 10.0. The molecule has 82 heavy (non-hydrogen) atoms. The molecule has 1 aliphatic heterocycles. The minimum Gasteiger partial charge on any atom is -0.379 e. The van der Waals surface area contributed by atoms with Crippen LogP contribution in [0.2, 0.25) is 0 Å². The highest BCUT2D eigenvalue weighted by Crippen LogP contribution is 2.29. The fraction of sp³-hybridized carbons (Fsp3) is 0.569. The van der Waals surface area contributed by atoms with Crippen LogP contribution >= 0.6 is 0 Å². The van der Waals surface area contributed by atoms with Gasteiger partial charge in [0.1, 0.15) is 6.04 Å². The third-order valence-corrected chi connectivity index (χ3v) is 15.2. The van der Waals surface area contributed by atoms with Crippen LogP contribution in [0.4, 0.5) is 10.5 Å². The van der Waals surface area contributed by atoms with E-state index in [1.54, 1.807) is 27.9 Å². The highest BCUT2D eigenvalue weighted by molar-refractivity contribution is 7.90. The van der Waals surface area contributed by atoms with Crippen LogP contribution in [0, 0.1) is 23.2 Å². The lowest BCUT2D eigenvalue weighted by atomic mass is 9.76. The van der Waals surface area contributed by atoms with E-state index >= 15 is 0 Å². The number of Topliss-reactive ketones (excluding diaryl/α,β-unsaturated/α-hetero) is 1. The predicted molar refractivity (Wildman–Crippen MR) is 309 cm³/mol. The number of carbonyl (C=O) groups excluding carboxylic acids is 9. The van der Waals surface area contributed by atoms with E-state index < -0.39 is 86.4 Å². The summed E-state index contributed by atoms with van der Waals surface area (Å²) < 4.78 is 45.6. The van der Waals surface area contributed by atoms with Crippen molar-refractivity contribution < 1.29 is 65.8 Å². The first kappa shape index (κ1) is 69.4. The summed E-state index contributed by atoms with van der Waals surface area (Å²) in [5.41, 5.74) is 4.93. The minimum atomic E-state index is -4.48. The second-order valence-electron chi connectivity index (χ2n) is 22.4. The summed E-state index contributed by atoms with van der Waals surface area (Å²) in [4.78, 5) is 119. The minimum absolute atomic E-state index is 0.00415. The number of carbonyl (C=O) groups is 9. The number of ether oxygens (including phenoxy) is 3. The van der Waals surface area contributed by atoms with Crippen molar-refractivity contribution in [2.45, 2.75) is 129 Å². The van der Waals surface area contributed by atoms with E-state index in [4.69, 9.17) is 19.9 Å². The van der Waals surface area contributed by atoms with E-state index in [-0.39, 0.29) is 124 Å². The molecular formula is C58H87N9O14S. The molecule has 0 aliphatic carbocycles. The third kappa shape index (κ3) is 21.8. The number of hydrogen-bond donors (Lipinski definition) is 7. The van der Waals surface area contributed by atoms with Gasteiger partial charge in [0.25, 0.3) is 27.7 Å². The second kappa shape index (κ2) is 32.7. The number of primary amides is 1. The zero-order chi connectivity index (χ0) is 61.5. The number of sulfonamides is 1. The summed E-state index contributed by atoms with van der Waals surface area (Å²) in [6, 6.07) is 10.5. The van der Waals surface area contributed by atoms with Gasteiger partial charge in [-0.15, -0.1) is 0 Å². The summed E-state index contributed by atoms with van der Waals surface area (Å²) in [5.74, 6) is -5.53. The van der Waals surface area contributed by atoms with Gasteiger partial charge in [0, 0.05) is 61.2 Å². The molecule has 0 fully saturated rings. The average Bonchev–Trinajstić information content (AvgIpc) is 3.76. The molecule has 1 aliphatic rings. The van der Waals surface area contributed by atoms with Crippen LogP contribution in [0.5, 0.6) is 0 Å². The Bertz CT molecular complexity index is 2670. The van der Waals surface area contributed by atoms with Crippen LogP contribution in [-0.4, -0.2) is 162 Å². The van der Waals surface area contributed by atoms with Gasteiger partial charge < -0.3 is 51.4 Å². The van der Waals surface area contributed by atoms with Crippen LogP contribution in [0.15, 0.2) is 83.3 Å². The van der Waals surface area contributed by atoms with Crippen molar-refractivity contribution in [3.8, 4) is 0 Å². The van der Waals surface area contributed by atoms with E-state index in [9.17, 15) is 51.6 Å². The normalized spacial score (nSPS) is 14.9. The van der Waals surface area contributed by atoms with E-state index in [0.717, 1.165) is 10.5 Å². The molecule has 5 atom stereocenters. The fourth-order valence-electron chi connectivity index (χ4n) is 9.02. The Labute approximate surface area is 483 Å². The Morgan fingerprint density at radius 1 is 0.756 bits per heavy atom. The van der Waals surface area contributed by atoms with E-state index in [1.165, 1.54) is 54.3 Å². The third-order valence-electron chi connectivity index (χ3n) is 13.9. The van der Waals surface area contributed by atoms with Crippen molar-refractivity contribution >= 4 is 68.9 Å².